The lowest BCUT2D eigenvalue weighted by atomic mass is 10.1. The summed E-state index contributed by atoms with van der Waals surface area (Å²) in [5.74, 6) is 0.716. The highest BCUT2D eigenvalue weighted by molar-refractivity contribution is 6.07. The van der Waals surface area contributed by atoms with Gasteiger partial charge in [0, 0.05) is 24.5 Å². The molecule has 5 heteroatoms. The Morgan fingerprint density at radius 2 is 1.73 bits per heavy atom. The van der Waals surface area contributed by atoms with Crippen LogP contribution in [0.5, 0.6) is 0 Å². The van der Waals surface area contributed by atoms with Gasteiger partial charge in [0.15, 0.2) is 0 Å². The predicted octanol–water partition coefficient (Wildman–Crippen LogP) is 4.58. The molecule has 0 aliphatic heterocycles. The molecule has 4 rings (SSSR count). The highest BCUT2D eigenvalue weighted by atomic mass is 16.1. The zero-order valence-corrected chi connectivity index (χ0v) is 17.8. The molecule has 1 aliphatic carbocycles. The maximum Gasteiger partial charge on any atom is 0.252 e. The fourth-order valence-electron chi connectivity index (χ4n) is 3.70. The van der Waals surface area contributed by atoms with Crippen molar-refractivity contribution in [2.45, 2.75) is 45.8 Å². The molecule has 0 radical (unpaired) electrons. The molecule has 1 saturated carbocycles. The molecular formula is C25H30N4O. The minimum Gasteiger partial charge on any atom is -0.366 e. The summed E-state index contributed by atoms with van der Waals surface area (Å²) < 4.78 is 0. The minimum absolute atomic E-state index is 0.0129. The maximum absolute atomic E-state index is 12.8. The van der Waals surface area contributed by atoms with Gasteiger partial charge in [-0.1, -0.05) is 56.3 Å². The number of benzene rings is 2. The number of aromatic nitrogens is 1. The van der Waals surface area contributed by atoms with E-state index in [9.17, 15) is 4.79 Å². The second kappa shape index (κ2) is 9.26. The average Bonchev–Trinajstić information content (AvgIpc) is 3.60. The number of amides is 1. The average molecular weight is 403 g/mol. The fraction of sp³-hybridized carbons (Fsp3) is 0.360. The van der Waals surface area contributed by atoms with E-state index in [1.54, 1.807) is 0 Å². The third-order valence-corrected chi connectivity index (χ3v) is 5.74. The lowest BCUT2D eigenvalue weighted by Gasteiger charge is -2.20. The Labute approximate surface area is 178 Å². The Balaban J connectivity index is 1.57. The Kier molecular flexibility index (Phi) is 6.29. The van der Waals surface area contributed by atoms with Gasteiger partial charge in [0.2, 0.25) is 0 Å². The van der Waals surface area contributed by atoms with Crippen LogP contribution in [0.25, 0.3) is 10.9 Å². The van der Waals surface area contributed by atoms with E-state index in [1.807, 2.05) is 30.3 Å². The molecule has 0 atom stereocenters. The van der Waals surface area contributed by atoms with Crippen molar-refractivity contribution >= 4 is 22.6 Å². The van der Waals surface area contributed by atoms with Crippen molar-refractivity contribution in [2.24, 2.45) is 0 Å². The van der Waals surface area contributed by atoms with Crippen LogP contribution in [0.1, 0.15) is 48.2 Å². The first kappa shape index (κ1) is 20.4. The molecule has 2 aromatic carbocycles. The molecular weight excluding hydrogens is 372 g/mol. The molecule has 1 heterocycles. The summed E-state index contributed by atoms with van der Waals surface area (Å²) in [6.45, 7) is 8.06. The molecule has 1 aliphatic rings. The predicted molar refractivity (Wildman–Crippen MR) is 123 cm³/mol. The molecule has 2 N–H and O–H groups in total. The summed E-state index contributed by atoms with van der Waals surface area (Å²) in [5, 5.41) is 7.46. The topological polar surface area (TPSA) is 57.3 Å². The van der Waals surface area contributed by atoms with Crippen LogP contribution in [0, 0.1) is 0 Å². The van der Waals surface area contributed by atoms with Crippen molar-refractivity contribution in [3.05, 3.63) is 71.3 Å². The van der Waals surface area contributed by atoms with Gasteiger partial charge in [0.25, 0.3) is 5.91 Å². The molecule has 0 spiro atoms. The van der Waals surface area contributed by atoms with Crippen LogP contribution in [-0.2, 0) is 13.1 Å². The van der Waals surface area contributed by atoms with E-state index < -0.39 is 0 Å². The minimum atomic E-state index is -0.0129. The number of hydrogen-bond acceptors (Lipinski definition) is 4. The lowest BCUT2D eigenvalue weighted by molar-refractivity contribution is 0.0952. The number of para-hydroxylation sites is 1. The highest BCUT2D eigenvalue weighted by Crippen LogP contribution is 2.24. The second-order valence-electron chi connectivity index (χ2n) is 7.90. The van der Waals surface area contributed by atoms with E-state index in [0.29, 0.717) is 18.2 Å². The van der Waals surface area contributed by atoms with Gasteiger partial charge in [-0.15, -0.1) is 0 Å². The third kappa shape index (κ3) is 4.79. The number of carbonyl (C=O) groups excluding carboxylic acids is 1. The summed E-state index contributed by atoms with van der Waals surface area (Å²) in [6.07, 6.45) is 2.15. The van der Waals surface area contributed by atoms with Gasteiger partial charge in [-0.05, 0) is 49.2 Å². The number of anilines is 1. The quantitative estimate of drug-likeness (QED) is 0.550. The van der Waals surface area contributed by atoms with Crippen LogP contribution >= 0.6 is 0 Å². The number of nitrogens with one attached hydrogen (secondary N) is 2. The lowest BCUT2D eigenvalue weighted by Crippen LogP contribution is -2.25. The van der Waals surface area contributed by atoms with Crippen molar-refractivity contribution in [1.29, 1.82) is 0 Å². The monoisotopic (exact) mass is 402 g/mol. The Hall–Kier alpha value is -2.92. The van der Waals surface area contributed by atoms with Gasteiger partial charge in [0.1, 0.15) is 5.82 Å². The summed E-state index contributed by atoms with van der Waals surface area (Å²) in [4.78, 5) is 20.0. The van der Waals surface area contributed by atoms with Crippen LogP contribution in [0.2, 0.25) is 0 Å². The summed E-state index contributed by atoms with van der Waals surface area (Å²) >= 11 is 0. The summed E-state index contributed by atoms with van der Waals surface area (Å²) in [5.41, 5.74) is 4.09. The zero-order valence-electron chi connectivity index (χ0n) is 17.8. The number of fused-ring (bicyclic) bond motifs is 1. The smallest absolute Gasteiger partial charge is 0.252 e. The summed E-state index contributed by atoms with van der Waals surface area (Å²) in [6, 6.07) is 18.6. The van der Waals surface area contributed by atoms with Crippen LogP contribution in [0.4, 0.5) is 5.82 Å². The van der Waals surface area contributed by atoms with Gasteiger partial charge < -0.3 is 10.6 Å². The first-order valence-corrected chi connectivity index (χ1v) is 10.9. The third-order valence-electron chi connectivity index (χ3n) is 5.74. The number of nitrogens with zero attached hydrogens (tertiary/aromatic N) is 2. The molecule has 0 saturated heterocycles. The van der Waals surface area contributed by atoms with E-state index >= 15 is 0 Å². The van der Waals surface area contributed by atoms with Crippen molar-refractivity contribution in [3.63, 3.8) is 0 Å². The van der Waals surface area contributed by atoms with E-state index in [2.05, 4.69) is 53.6 Å². The van der Waals surface area contributed by atoms with Crippen molar-refractivity contribution in [3.8, 4) is 0 Å². The van der Waals surface area contributed by atoms with Gasteiger partial charge >= 0.3 is 0 Å². The van der Waals surface area contributed by atoms with E-state index in [4.69, 9.17) is 4.98 Å². The number of hydrogen-bond donors (Lipinski definition) is 2. The van der Waals surface area contributed by atoms with Gasteiger partial charge in [-0.2, -0.15) is 0 Å². The molecule has 156 valence electrons. The molecule has 1 fully saturated rings. The normalized spacial score (nSPS) is 13.6. The number of pyridine rings is 1. The van der Waals surface area contributed by atoms with E-state index in [-0.39, 0.29) is 5.91 Å². The van der Waals surface area contributed by atoms with Crippen LogP contribution in [0.3, 0.4) is 0 Å². The van der Waals surface area contributed by atoms with Gasteiger partial charge in [0.05, 0.1) is 11.1 Å². The Morgan fingerprint density at radius 3 is 2.47 bits per heavy atom. The van der Waals surface area contributed by atoms with Crippen molar-refractivity contribution < 1.29 is 4.79 Å². The second-order valence-corrected chi connectivity index (χ2v) is 7.90. The maximum atomic E-state index is 12.8. The number of rotatable bonds is 9. The molecule has 3 aromatic rings. The Bertz CT molecular complexity index is 1020. The fourth-order valence-corrected chi connectivity index (χ4v) is 3.70. The van der Waals surface area contributed by atoms with E-state index in [1.165, 1.54) is 11.1 Å². The van der Waals surface area contributed by atoms with E-state index in [0.717, 1.165) is 49.2 Å². The van der Waals surface area contributed by atoms with Crippen LogP contribution in [0.15, 0.2) is 54.6 Å². The summed E-state index contributed by atoms with van der Waals surface area (Å²) in [7, 11) is 0. The Morgan fingerprint density at radius 1 is 1.03 bits per heavy atom. The van der Waals surface area contributed by atoms with Gasteiger partial charge in [-0.25, -0.2) is 4.98 Å². The molecule has 0 unspecified atom stereocenters. The van der Waals surface area contributed by atoms with Crippen molar-refractivity contribution in [1.82, 2.24) is 15.2 Å². The first-order chi connectivity index (χ1) is 14.7. The molecule has 30 heavy (non-hydrogen) atoms. The first-order valence-electron chi connectivity index (χ1n) is 10.9. The zero-order chi connectivity index (χ0) is 20.9. The van der Waals surface area contributed by atoms with Crippen molar-refractivity contribution in [2.75, 3.05) is 18.4 Å². The largest absolute Gasteiger partial charge is 0.366 e. The highest BCUT2D eigenvalue weighted by Gasteiger charge is 2.25. The standard InChI is InChI=1S/C25H30N4O/c1-3-29(4-2)17-19-10-6-5-9-18(19)16-26-24-15-22(25(30)27-20-13-14-20)21-11-7-8-12-23(21)28-24/h5-12,15,20H,3-4,13-14,16-17H2,1-2H3,(H,26,28)(H,27,30). The van der Waals surface area contributed by atoms with Crippen LogP contribution < -0.4 is 10.6 Å². The number of carbonyl (C=O) groups is 1. The molecule has 1 aromatic heterocycles. The molecule has 0 bridgehead atoms. The SMILES string of the molecule is CCN(CC)Cc1ccccc1CNc1cc(C(=O)NC2CC2)c2ccccc2n1. The molecule has 5 nitrogen and oxygen atoms in total. The molecule has 1 amide bonds. The van der Waals surface area contributed by atoms with Crippen LogP contribution in [-0.4, -0.2) is 34.9 Å². The van der Waals surface area contributed by atoms with Gasteiger partial charge in [-0.3, -0.25) is 9.69 Å².